The molecule has 0 aromatic rings. The third-order valence-corrected chi connectivity index (χ3v) is 5.35. The molecular formula is C17H28O2. The van der Waals surface area contributed by atoms with Gasteiger partial charge in [0.2, 0.25) is 0 Å². The Balaban J connectivity index is 1.54. The summed E-state index contributed by atoms with van der Waals surface area (Å²) in [7, 11) is 0. The van der Waals surface area contributed by atoms with Crippen LogP contribution in [0.3, 0.4) is 0 Å². The van der Waals surface area contributed by atoms with Crippen LogP contribution < -0.4 is 0 Å². The Morgan fingerprint density at radius 3 is 2.16 bits per heavy atom. The van der Waals surface area contributed by atoms with Crippen LogP contribution in [-0.2, 0) is 9.47 Å². The van der Waals surface area contributed by atoms with E-state index in [4.69, 9.17) is 9.47 Å². The molecule has 19 heavy (non-hydrogen) atoms. The highest BCUT2D eigenvalue weighted by molar-refractivity contribution is 4.97. The molecule has 0 heterocycles. The molecule has 3 rings (SSSR count). The first-order chi connectivity index (χ1) is 9.24. The van der Waals surface area contributed by atoms with Crippen LogP contribution in [0.1, 0.15) is 64.7 Å². The first kappa shape index (κ1) is 13.5. The summed E-state index contributed by atoms with van der Waals surface area (Å²) in [6.07, 6.45) is 13.3. The van der Waals surface area contributed by atoms with Crippen LogP contribution in [0.5, 0.6) is 0 Å². The Morgan fingerprint density at radius 1 is 0.842 bits per heavy atom. The summed E-state index contributed by atoms with van der Waals surface area (Å²) < 4.78 is 12.4. The van der Waals surface area contributed by atoms with Crippen molar-refractivity contribution in [3.63, 3.8) is 0 Å². The van der Waals surface area contributed by atoms with Crippen LogP contribution in [0.15, 0.2) is 12.3 Å². The van der Waals surface area contributed by atoms with E-state index in [2.05, 4.69) is 6.58 Å². The third kappa shape index (κ3) is 2.99. The van der Waals surface area contributed by atoms with Crippen molar-refractivity contribution >= 4 is 0 Å². The molecule has 0 aromatic carbocycles. The second-order valence-electron chi connectivity index (χ2n) is 6.78. The van der Waals surface area contributed by atoms with Crippen molar-refractivity contribution in [3.05, 3.63) is 12.3 Å². The van der Waals surface area contributed by atoms with Gasteiger partial charge in [0.15, 0.2) is 0 Å². The molecule has 3 aliphatic carbocycles. The summed E-state index contributed by atoms with van der Waals surface area (Å²) in [5.74, 6) is 2.36. The molecule has 0 spiro atoms. The first-order valence-electron chi connectivity index (χ1n) is 8.21. The van der Waals surface area contributed by atoms with Crippen LogP contribution in [0, 0.1) is 11.8 Å². The minimum absolute atomic E-state index is 0.419. The first-order valence-corrected chi connectivity index (χ1v) is 8.21. The molecule has 0 radical (unpaired) electrons. The largest absolute Gasteiger partial charge is 0.495 e. The van der Waals surface area contributed by atoms with Gasteiger partial charge in [-0.2, -0.15) is 0 Å². The zero-order valence-corrected chi connectivity index (χ0v) is 12.3. The highest BCUT2D eigenvalue weighted by Crippen LogP contribution is 2.47. The lowest BCUT2D eigenvalue weighted by atomic mass is 9.95. The van der Waals surface area contributed by atoms with Crippen molar-refractivity contribution in [2.45, 2.75) is 83.0 Å². The Kier molecular flexibility index (Phi) is 4.16. The number of ether oxygens (including phenoxy) is 2. The molecule has 2 nitrogen and oxygen atoms in total. The van der Waals surface area contributed by atoms with Gasteiger partial charge in [-0.05, 0) is 51.4 Å². The van der Waals surface area contributed by atoms with E-state index in [-0.39, 0.29) is 0 Å². The van der Waals surface area contributed by atoms with Crippen LogP contribution >= 0.6 is 0 Å². The molecule has 3 fully saturated rings. The van der Waals surface area contributed by atoms with Gasteiger partial charge < -0.3 is 9.47 Å². The van der Waals surface area contributed by atoms with Gasteiger partial charge in [-0.25, -0.2) is 0 Å². The van der Waals surface area contributed by atoms with E-state index in [0.717, 1.165) is 17.6 Å². The average Bonchev–Trinajstić information content (AvgIpc) is 2.95. The molecule has 0 N–H and O–H groups in total. The van der Waals surface area contributed by atoms with Crippen LogP contribution in [-0.4, -0.2) is 18.3 Å². The standard InChI is InChI=1S/C17H28O2/c1-12(2)18-16-10-8-15-14(16)9-11-17(15)19-13-6-4-3-5-7-13/h13-17H,1,3-11H2,2H3/t14-,15?,16-,17?/m0/s1. The molecule has 0 aliphatic heterocycles. The van der Waals surface area contributed by atoms with Crippen LogP contribution in [0.4, 0.5) is 0 Å². The van der Waals surface area contributed by atoms with Crippen LogP contribution in [0.2, 0.25) is 0 Å². The fourth-order valence-electron chi connectivity index (χ4n) is 4.52. The number of rotatable bonds is 4. The van der Waals surface area contributed by atoms with E-state index < -0.39 is 0 Å². The normalized spacial score (nSPS) is 39.2. The molecule has 0 bridgehead atoms. The van der Waals surface area contributed by atoms with Crippen molar-refractivity contribution in [2.75, 3.05) is 0 Å². The average molecular weight is 264 g/mol. The van der Waals surface area contributed by atoms with Crippen molar-refractivity contribution in [1.82, 2.24) is 0 Å². The number of fused-ring (bicyclic) bond motifs is 1. The smallest absolute Gasteiger partial charge is 0.101 e. The third-order valence-electron chi connectivity index (χ3n) is 5.35. The maximum Gasteiger partial charge on any atom is 0.101 e. The molecule has 0 saturated heterocycles. The molecule has 3 saturated carbocycles. The molecule has 0 amide bonds. The molecule has 2 heteroatoms. The predicted octanol–water partition coefficient (Wildman–Crippen LogP) is 4.44. The predicted molar refractivity (Wildman–Crippen MR) is 76.9 cm³/mol. The summed E-state index contributed by atoms with van der Waals surface area (Å²) >= 11 is 0. The zero-order valence-electron chi connectivity index (χ0n) is 12.3. The lowest BCUT2D eigenvalue weighted by Crippen LogP contribution is -2.28. The van der Waals surface area contributed by atoms with Crippen molar-refractivity contribution in [3.8, 4) is 0 Å². The molecule has 2 unspecified atom stereocenters. The summed E-state index contributed by atoms with van der Waals surface area (Å²) in [6.45, 7) is 5.86. The van der Waals surface area contributed by atoms with Gasteiger partial charge in [-0.3, -0.25) is 0 Å². The number of hydrogen-bond acceptors (Lipinski definition) is 2. The Bertz CT molecular complexity index is 319. The summed E-state index contributed by atoms with van der Waals surface area (Å²) in [6, 6.07) is 0. The molecule has 3 aliphatic rings. The van der Waals surface area contributed by atoms with E-state index in [0.29, 0.717) is 18.3 Å². The summed E-state index contributed by atoms with van der Waals surface area (Å²) in [4.78, 5) is 0. The van der Waals surface area contributed by atoms with Gasteiger partial charge >= 0.3 is 0 Å². The van der Waals surface area contributed by atoms with E-state index in [1.165, 1.54) is 57.8 Å². The maximum atomic E-state index is 6.44. The number of allylic oxidation sites excluding steroid dienone is 1. The Morgan fingerprint density at radius 2 is 1.47 bits per heavy atom. The van der Waals surface area contributed by atoms with Gasteiger partial charge in [-0.1, -0.05) is 25.8 Å². The van der Waals surface area contributed by atoms with Crippen molar-refractivity contribution in [2.24, 2.45) is 11.8 Å². The highest BCUT2D eigenvalue weighted by atomic mass is 16.5. The fraction of sp³-hybridized carbons (Fsp3) is 0.882. The summed E-state index contributed by atoms with van der Waals surface area (Å²) in [5, 5.41) is 0. The second-order valence-corrected chi connectivity index (χ2v) is 6.78. The minimum Gasteiger partial charge on any atom is -0.495 e. The van der Waals surface area contributed by atoms with E-state index >= 15 is 0 Å². The lowest BCUT2D eigenvalue weighted by molar-refractivity contribution is -0.0503. The minimum atomic E-state index is 0.419. The van der Waals surface area contributed by atoms with Crippen molar-refractivity contribution in [1.29, 1.82) is 0 Å². The quantitative estimate of drug-likeness (QED) is 0.699. The highest BCUT2D eigenvalue weighted by Gasteiger charge is 2.47. The zero-order chi connectivity index (χ0) is 13.2. The van der Waals surface area contributed by atoms with E-state index in [1.54, 1.807) is 0 Å². The SMILES string of the molecule is C=C(C)O[C@H]1CCC2C(OC3CCCCC3)CC[C@@H]21. The topological polar surface area (TPSA) is 18.5 Å². The van der Waals surface area contributed by atoms with Gasteiger partial charge in [0, 0.05) is 5.92 Å². The Hall–Kier alpha value is -0.500. The molecule has 0 aromatic heterocycles. The Labute approximate surface area is 117 Å². The van der Waals surface area contributed by atoms with Gasteiger partial charge in [0.1, 0.15) is 6.10 Å². The van der Waals surface area contributed by atoms with Crippen molar-refractivity contribution < 1.29 is 9.47 Å². The lowest BCUT2D eigenvalue weighted by Gasteiger charge is -2.28. The molecule has 108 valence electrons. The second kappa shape index (κ2) is 5.87. The maximum absolute atomic E-state index is 6.44. The summed E-state index contributed by atoms with van der Waals surface area (Å²) in [5.41, 5.74) is 0. The molecular weight excluding hydrogens is 236 g/mol. The van der Waals surface area contributed by atoms with E-state index in [9.17, 15) is 0 Å². The van der Waals surface area contributed by atoms with Gasteiger partial charge in [0.25, 0.3) is 0 Å². The van der Waals surface area contributed by atoms with Gasteiger partial charge in [0.05, 0.1) is 18.0 Å². The monoisotopic (exact) mass is 264 g/mol. The fourth-order valence-corrected chi connectivity index (χ4v) is 4.52. The molecule has 4 atom stereocenters. The van der Waals surface area contributed by atoms with Gasteiger partial charge in [-0.15, -0.1) is 0 Å². The number of hydrogen-bond donors (Lipinski definition) is 0. The van der Waals surface area contributed by atoms with E-state index in [1.807, 2.05) is 6.92 Å². The van der Waals surface area contributed by atoms with Crippen LogP contribution in [0.25, 0.3) is 0 Å².